The first-order valence-electron chi connectivity index (χ1n) is 5.54. The first-order chi connectivity index (χ1) is 9.15. The van der Waals surface area contributed by atoms with Crippen LogP contribution in [0.3, 0.4) is 0 Å². The summed E-state index contributed by atoms with van der Waals surface area (Å²) in [5.41, 5.74) is 0.800. The van der Waals surface area contributed by atoms with Gasteiger partial charge < -0.3 is 0 Å². The van der Waals surface area contributed by atoms with E-state index in [1.165, 1.54) is 34.8 Å². The van der Waals surface area contributed by atoms with E-state index in [-0.39, 0.29) is 11.7 Å². The van der Waals surface area contributed by atoms with Crippen LogP contribution in [0.1, 0.15) is 15.2 Å². The largest absolute Gasteiger partial charge is 0.297 e. The van der Waals surface area contributed by atoms with E-state index in [0.717, 1.165) is 15.6 Å². The van der Waals surface area contributed by atoms with Crippen molar-refractivity contribution in [3.63, 3.8) is 0 Å². The number of aryl methyl sites for hydroxylation is 1. The van der Waals surface area contributed by atoms with Crippen molar-refractivity contribution >= 4 is 43.8 Å². The molecule has 0 bridgehead atoms. The number of hydrogen-bond acceptors (Lipinski definition) is 4. The molecule has 0 atom stereocenters. The van der Waals surface area contributed by atoms with Gasteiger partial charge in [0.05, 0.1) is 4.88 Å². The maximum absolute atomic E-state index is 13.2. The Morgan fingerprint density at radius 3 is 3.00 bits per heavy atom. The summed E-state index contributed by atoms with van der Waals surface area (Å²) < 4.78 is 14.1. The zero-order valence-electron chi connectivity index (χ0n) is 9.94. The Hall–Kier alpha value is -1.79. The average molecular weight is 292 g/mol. The van der Waals surface area contributed by atoms with Gasteiger partial charge in [0.2, 0.25) is 0 Å². The van der Waals surface area contributed by atoms with Gasteiger partial charge in [0.1, 0.15) is 5.82 Å². The molecule has 3 rings (SSSR count). The summed E-state index contributed by atoms with van der Waals surface area (Å²) in [6, 6.07) is 4.56. The molecule has 0 unspecified atom stereocenters. The van der Waals surface area contributed by atoms with Gasteiger partial charge in [0.15, 0.2) is 5.13 Å². The van der Waals surface area contributed by atoms with Crippen LogP contribution in [0, 0.1) is 12.7 Å². The molecule has 2 aromatic heterocycles. The lowest BCUT2D eigenvalue weighted by molar-refractivity contribution is 0.103. The van der Waals surface area contributed by atoms with Crippen LogP contribution >= 0.6 is 22.7 Å². The molecule has 0 aliphatic carbocycles. The van der Waals surface area contributed by atoms with Crippen LogP contribution in [0.4, 0.5) is 9.52 Å². The summed E-state index contributed by atoms with van der Waals surface area (Å²) in [5, 5.41) is 5.88. The van der Waals surface area contributed by atoms with E-state index in [2.05, 4.69) is 10.3 Å². The summed E-state index contributed by atoms with van der Waals surface area (Å²) >= 11 is 2.72. The van der Waals surface area contributed by atoms with Crippen LogP contribution in [0.2, 0.25) is 0 Å². The molecule has 1 amide bonds. The van der Waals surface area contributed by atoms with Crippen LogP contribution in [-0.2, 0) is 0 Å². The Kier molecular flexibility index (Phi) is 3.04. The fourth-order valence-corrected chi connectivity index (χ4v) is 3.46. The van der Waals surface area contributed by atoms with E-state index in [1.54, 1.807) is 17.6 Å². The second-order valence-corrected chi connectivity index (χ2v) is 5.93. The third-order valence-corrected chi connectivity index (χ3v) is 4.72. The first-order valence-corrected chi connectivity index (χ1v) is 7.24. The number of nitrogens with one attached hydrogen (secondary N) is 1. The van der Waals surface area contributed by atoms with Gasteiger partial charge in [-0.1, -0.05) is 0 Å². The normalized spacial score (nSPS) is 10.8. The molecule has 0 saturated carbocycles. The fourth-order valence-electron chi connectivity index (χ4n) is 1.85. The highest BCUT2D eigenvalue weighted by Gasteiger charge is 2.16. The van der Waals surface area contributed by atoms with Gasteiger partial charge in [-0.2, -0.15) is 0 Å². The molecule has 6 heteroatoms. The second kappa shape index (κ2) is 4.71. The first kappa shape index (κ1) is 12.3. The molecular weight excluding hydrogens is 283 g/mol. The van der Waals surface area contributed by atoms with Crippen LogP contribution in [-0.4, -0.2) is 10.9 Å². The van der Waals surface area contributed by atoms with E-state index in [9.17, 15) is 9.18 Å². The number of hydrogen-bond donors (Lipinski definition) is 1. The average Bonchev–Trinajstić information content (AvgIpc) is 2.98. The van der Waals surface area contributed by atoms with E-state index in [4.69, 9.17) is 0 Å². The number of carbonyl (C=O) groups is 1. The number of benzene rings is 1. The molecule has 1 N–H and O–H groups in total. The van der Waals surface area contributed by atoms with Crippen molar-refractivity contribution in [2.75, 3.05) is 5.32 Å². The fraction of sp³-hybridized carbons (Fsp3) is 0.0769. The zero-order chi connectivity index (χ0) is 13.4. The highest BCUT2D eigenvalue weighted by atomic mass is 32.1. The van der Waals surface area contributed by atoms with E-state index in [0.29, 0.717) is 10.0 Å². The molecule has 3 aromatic rings. The van der Waals surface area contributed by atoms with E-state index >= 15 is 0 Å². The van der Waals surface area contributed by atoms with Crippen molar-refractivity contribution in [3.05, 3.63) is 46.0 Å². The smallest absolute Gasteiger partial charge is 0.267 e. The van der Waals surface area contributed by atoms with Gasteiger partial charge in [-0.25, -0.2) is 9.37 Å². The second-order valence-electron chi connectivity index (χ2n) is 3.99. The van der Waals surface area contributed by atoms with Gasteiger partial charge in [0, 0.05) is 16.3 Å². The predicted molar refractivity (Wildman–Crippen MR) is 76.6 cm³/mol. The Balaban J connectivity index is 2.00. The summed E-state index contributed by atoms with van der Waals surface area (Å²) in [5.74, 6) is -0.491. The third-order valence-electron chi connectivity index (χ3n) is 2.76. The molecule has 0 aliphatic heterocycles. The molecule has 19 heavy (non-hydrogen) atoms. The van der Waals surface area contributed by atoms with Crippen molar-refractivity contribution in [2.45, 2.75) is 6.92 Å². The topological polar surface area (TPSA) is 42.0 Å². The van der Waals surface area contributed by atoms with Crippen molar-refractivity contribution in [1.29, 1.82) is 0 Å². The summed E-state index contributed by atoms with van der Waals surface area (Å²) in [7, 11) is 0. The number of thiophene rings is 1. The van der Waals surface area contributed by atoms with E-state index < -0.39 is 0 Å². The van der Waals surface area contributed by atoms with Gasteiger partial charge >= 0.3 is 0 Å². The minimum Gasteiger partial charge on any atom is -0.297 e. The molecule has 0 saturated heterocycles. The van der Waals surface area contributed by atoms with Gasteiger partial charge in [-0.05, 0) is 36.1 Å². The Labute approximate surface area is 116 Å². The lowest BCUT2D eigenvalue weighted by Gasteiger charge is -1.99. The molecule has 96 valence electrons. The van der Waals surface area contributed by atoms with Crippen molar-refractivity contribution in [1.82, 2.24) is 4.98 Å². The number of carbonyl (C=O) groups excluding carboxylic acids is 1. The number of anilines is 1. The van der Waals surface area contributed by atoms with E-state index in [1.807, 2.05) is 6.92 Å². The van der Waals surface area contributed by atoms with Gasteiger partial charge in [-0.3, -0.25) is 10.1 Å². The molecular formula is C13H9FN2OS2. The molecule has 0 spiro atoms. The molecule has 2 heterocycles. The Bertz CT molecular complexity index is 749. The summed E-state index contributed by atoms with van der Waals surface area (Å²) in [6.07, 6.45) is 1.63. The number of halogens is 1. The summed E-state index contributed by atoms with van der Waals surface area (Å²) in [6.45, 7) is 1.83. The SMILES string of the molecule is Cc1c(C(=O)Nc2nccs2)sc2ccc(F)cc12. The molecule has 1 aromatic carbocycles. The van der Waals surface area contributed by atoms with Crippen LogP contribution in [0.15, 0.2) is 29.8 Å². The third kappa shape index (κ3) is 2.24. The molecule has 0 fully saturated rings. The Morgan fingerprint density at radius 1 is 1.42 bits per heavy atom. The van der Waals surface area contributed by atoms with Gasteiger partial charge in [-0.15, -0.1) is 22.7 Å². The van der Waals surface area contributed by atoms with Crippen molar-refractivity contribution in [2.24, 2.45) is 0 Å². The van der Waals surface area contributed by atoms with Crippen molar-refractivity contribution < 1.29 is 9.18 Å². The minimum atomic E-state index is -0.291. The van der Waals surface area contributed by atoms with Crippen molar-refractivity contribution in [3.8, 4) is 0 Å². The van der Waals surface area contributed by atoms with Crippen LogP contribution < -0.4 is 5.32 Å². The predicted octanol–water partition coefficient (Wildman–Crippen LogP) is 4.06. The standard InChI is InChI=1S/C13H9FN2OS2/c1-7-9-6-8(14)2-3-10(9)19-11(7)12(17)16-13-15-4-5-18-13/h2-6H,1H3,(H,15,16,17). The monoisotopic (exact) mass is 292 g/mol. The number of rotatable bonds is 2. The van der Waals surface area contributed by atoms with Crippen LogP contribution in [0.5, 0.6) is 0 Å². The van der Waals surface area contributed by atoms with Crippen LogP contribution in [0.25, 0.3) is 10.1 Å². The number of thiazole rings is 1. The Morgan fingerprint density at radius 2 is 2.26 bits per heavy atom. The number of amides is 1. The minimum absolute atomic E-state index is 0.200. The van der Waals surface area contributed by atoms with Gasteiger partial charge in [0.25, 0.3) is 5.91 Å². The molecule has 0 radical (unpaired) electrons. The quantitative estimate of drug-likeness (QED) is 0.774. The summed E-state index contributed by atoms with van der Waals surface area (Å²) in [4.78, 5) is 16.8. The zero-order valence-corrected chi connectivity index (χ0v) is 11.6. The lowest BCUT2D eigenvalue weighted by atomic mass is 10.1. The number of nitrogens with zero attached hydrogens (tertiary/aromatic N) is 1. The maximum Gasteiger partial charge on any atom is 0.267 e. The molecule has 3 nitrogen and oxygen atoms in total. The lowest BCUT2D eigenvalue weighted by Crippen LogP contribution is -2.10. The number of aromatic nitrogens is 1. The highest BCUT2D eigenvalue weighted by Crippen LogP contribution is 2.31. The highest BCUT2D eigenvalue weighted by molar-refractivity contribution is 7.21. The molecule has 0 aliphatic rings. The number of fused-ring (bicyclic) bond motifs is 1. The maximum atomic E-state index is 13.2.